The summed E-state index contributed by atoms with van der Waals surface area (Å²) < 4.78 is 35.9. The molecule has 0 bridgehead atoms. The lowest BCUT2D eigenvalue weighted by Gasteiger charge is -2.13. The summed E-state index contributed by atoms with van der Waals surface area (Å²) in [6.07, 6.45) is -4.87. The molecule has 14 heavy (non-hydrogen) atoms. The van der Waals surface area contributed by atoms with Gasteiger partial charge in [0, 0.05) is 0 Å². The Balaban J connectivity index is 3.08. The number of hydrogen-bond acceptors (Lipinski definition) is 5. The highest BCUT2D eigenvalue weighted by Gasteiger charge is 2.41. The molecule has 6 nitrogen and oxygen atoms in total. The van der Waals surface area contributed by atoms with Crippen molar-refractivity contribution in [1.29, 1.82) is 0 Å². The molecule has 1 aliphatic rings. The smallest absolute Gasteiger partial charge is 0.385 e. The number of amidine groups is 2. The van der Waals surface area contributed by atoms with Crippen LogP contribution in [0, 0.1) is 4.91 Å². The van der Waals surface area contributed by atoms with Gasteiger partial charge in [-0.3, -0.25) is 4.79 Å². The predicted octanol–water partition coefficient (Wildman–Crippen LogP) is -0.0204. The number of nitrogens with zero attached hydrogens (tertiary/aromatic N) is 3. The Bertz CT molecular complexity index is 345. The summed E-state index contributed by atoms with van der Waals surface area (Å²) in [5.41, 5.74) is 4.92. The van der Waals surface area contributed by atoms with Crippen molar-refractivity contribution < 1.29 is 18.0 Å². The average Bonchev–Trinajstić information content (AvgIpc) is 2.01. The second kappa shape index (κ2) is 3.16. The van der Waals surface area contributed by atoms with Crippen molar-refractivity contribution in [3.63, 3.8) is 0 Å². The van der Waals surface area contributed by atoms with Crippen LogP contribution in [0.15, 0.2) is 15.2 Å². The van der Waals surface area contributed by atoms with Gasteiger partial charge in [-0.25, -0.2) is 4.99 Å². The molecule has 1 heterocycles. The Morgan fingerprint density at radius 3 is 2.29 bits per heavy atom. The molecule has 0 spiro atoms. The third-order valence-corrected chi connectivity index (χ3v) is 1.32. The fourth-order valence-corrected chi connectivity index (χ4v) is 0.726. The molecule has 76 valence electrons. The minimum absolute atomic E-state index is 0.799. The molecule has 9 heteroatoms. The molecule has 2 N–H and O–H groups in total. The van der Waals surface area contributed by atoms with Gasteiger partial charge in [0.1, 0.15) is 5.84 Å². The van der Waals surface area contributed by atoms with Gasteiger partial charge in [-0.2, -0.15) is 18.2 Å². The van der Waals surface area contributed by atoms with Crippen molar-refractivity contribution in [2.24, 2.45) is 20.9 Å². The molecular formula is C5H3F3N4O2. The van der Waals surface area contributed by atoms with E-state index < -0.39 is 29.8 Å². The van der Waals surface area contributed by atoms with Crippen molar-refractivity contribution in [2.45, 2.75) is 12.2 Å². The number of nitrogens with two attached hydrogens (primary N) is 1. The molecule has 1 atom stereocenters. The molecule has 0 aromatic carbocycles. The average molecular weight is 208 g/mol. The Morgan fingerprint density at radius 1 is 1.36 bits per heavy atom. The quantitative estimate of drug-likeness (QED) is 0.613. The second-order valence-corrected chi connectivity index (χ2v) is 2.32. The number of halogens is 3. The van der Waals surface area contributed by atoms with E-state index in [0.29, 0.717) is 0 Å². The van der Waals surface area contributed by atoms with E-state index in [1.54, 1.807) is 0 Å². The highest BCUT2D eigenvalue weighted by molar-refractivity contribution is 6.18. The Hall–Kier alpha value is -1.80. The van der Waals surface area contributed by atoms with Crippen molar-refractivity contribution in [2.75, 3.05) is 0 Å². The predicted molar refractivity (Wildman–Crippen MR) is 39.7 cm³/mol. The van der Waals surface area contributed by atoms with E-state index in [4.69, 9.17) is 5.73 Å². The maximum Gasteiger partial charge on any atom is 0.451 e. The highest BCUT2D eigenvalue weighted by Crippen LogP contribution is 2.20. The van der Waals surface area contributed by atoms with E-state index in [0.717, 1.165) is 0 Å². The largest absolute Gasteiger partial charge is 0.451 e. The lowest BCUT2D eigenvalue weighted by atomic mass is 10.2. The Morgan fingerprint density at radius 2 is 1.93 bits per heavy atom. The monoisotopic (exact) mass is 208 g/mol. The SMILES string of the molecule is NC1=NC(C(F)(F)F)=NC(=O)C1N=O. The fourth-order valence-electron chi connectivity index (χ4n) is 0.726. The number of amides is 1. The third kappa shape index (κ3) is 1.75. The first kappa shape index (κ1) is 10.3. The van der Waals surface area contributed by atoms with Crippen LogP contribution in [0.2, 0.25) is 0 Å². The number of nitroso groups, excluding NO2 is 1. The first-order valence-electron chi connectivity index (χ1n) is 3.22. The number of rotatable bonds is 1. The van der Waals surface area contributed by atoms with Gasteiger partial charge in [-0.15, -0.1) is 4.91 Å². The Kier molecular flexibility index (Phi) is 2.32. The van der Waals surface area contributed by atoms with Crippen molar-refractivity contribution >= 4 is 17.6 Å². The summed E-state index contributed by atoms with van der Waals surface area (Å²) in [4.78, 5) is 26.0. The maximum absolute atomic E-state index is 12.0. The minimum Gasteiger partial charge on any atom is -0.385 e. The van der Waals surface area contributed by atoms with E-state index in [-0.39, 0.29) is 0 Å². The summed E-state index contributed by atoms with van der Waals surface area (Å²) in [5, 5.41) is 2.20. The zero-order chi connectivity index (χ0) is 10.9. The molecule has 0 saturated heterocycles. The van der Waals surface area contributed by atoms with Gasteiger partial charge in [0.05, 0.1) is 0 Å². The molecule has 1 rings (SSSR count). The van der Waals surface area contributed by atoms with Gasteiger partial charge in [-0.05, 0) is 5.18 Å². The molecular weight excluding hydrogens is 205 g/mol. The normalized spacial score (nSPS) is 22.8. The first-order chi connectivity index (χ1) is 6.36. The molecule has 0 aromatic rings. The first-order valence-corrected chi connectivity index (χ1v) is 3.22. The number of carbonyl (C=O) groups is 1. The molecule has 1 unspecified atom stereocenters. The molecule has 1 amide bonds. The number of aliphatic imine (C=N–C) groups is 2. The standard InChI is InChI=1S/C5H3F3N4O2/c6-5(7,8)4-10-2(9)1(12-14)3(13)11-4/h1H,(H2,9,10,11,13). The van der Waals surface area contributed by atoms with Gasteiger partial charge >= 0.3 is 6.18 Å². The third-order valence-electron chi connectivity index (χ3n) is 1.32. The molecule has 0 saturated carbocycles. The molecule has 0 aliphatic carbocycles. The second-order valence-electron chi connectivity index (χ2n) is 2.32. The van der Waals surface area contributed by atoms with E-state index in [1.807, 2.05) is 0 Å². The van der Waals surface area contributed by atoms with E-state index in [9.17, 15) is 22.9 Å². The van der Waals surface area contributed by atoms with Crippen molar-refractivity contribution in [3.8, 4) is 0 Å². The zero-order valence-electron chi connectivity index (χ0n) is 6.45. The molecule has 1 aliphatic heterocycles. The number of hydrogen-bond donors (Lipinski definition) is 1. The Labute approximate surface area is 74.7 Å². The topological polar surface area (TPSA) is 97.2 Å². The fraction of sp³-hybridized carbons (Fsp3) is 0.400. The molecule has 0 aromatic heterocycles. The summed E-state index contributed by atoms with van der Waals surface area (Å²) in [7, 11) is 0. The van der Waals surface area contributed by atoms with Gasteiger partial charge < -0.3 is 5.73 Å². The van der Waals surface area contributed by atoms with Crippen LogP contribution in [-0.2, 0) is 4.79 Å². The summed E-state index contributed by atoms with van der Waals surface area (Å²) in [6, 6.07) is -1.75. The molecule has 0 radical (unpaired) electrons. The number of carbonyl (C=O) groups excluding carboxylic acids is 1. The van der Waals surface area contributed by atoms with Crippen LogP contribution in [0.4, 0.5) is 13.2 Å². The van der Waals surface area contributed by atoms with Gasteiger partial charge in [0.2, 0.25) is 11.9 Å². The van der Waals surface area contributed by atoms with Crippen LogP contribution >= 0.6 is 0 Å². The van der Waals surface area contributed by atoms with Gasteiger partial charge in [-0.1, -0.05) is 0 Å². The number of alkyl halides is 3. The van der Waals surface area contributed by atoms with Gasteiger partial charge in [0.15, 0.2) is 0 Å². The van der Waals surface area contributed by atoms with Crippen molar-refractivity contribution in [1.82, 2.24) is 0 Å². The lowest BCUT2D eigenvalue weighted by Crippen LogP contribution is -2.40. The van der Waals surface area contributed by atoms with Crippen LogP contribution < -0.4 is 5.73 Å². The molecule has 0 fully saturated rings. The van der Waals surface area contributed by atoms with E-state index in [2.05, 4.69) is 15.2 Å². The highest BCUT2D eigenvalue weighted by atomic mass is 19.4. The van der Waals surface area contributed by atoms with E-state index in [1.165, 1.54) is 0 Å². The van der Waals surface area contributed by atoms with Crippen LogP contribution in [0.3, 0.4) is 0 Å². The van der Waals surface area contributed by atoms with Crippen LogP contribution in [-0.4, -0.2) is 29.8 Å². The maximum atomic E-state index is 12.0. The van der Waals surface area contributed by atoms with Crippen LogP contribution in [0.1, 0.15) is 0 Å². The van der Waals surface area contributed by atoms with Gasteiger partial charge in [0.25, 0.3) is 5.91 Å². The van der Waals surface area contributed by atoms with E-state index >= 15 is 0 Å². The van der Waals surface area contributed by atoms with Crippen LogP contribution in [0.5, 0.6) is 0 Å². The minimum atomic E-state index is -4.87. The lowest BCUT2D eigenvalue weighted by molar-refractivity contribution is -0.118. The zero-order valence-corrected chi connectivity index (χ0v) is 6.45. The summed E-state index contributed by atoms with van der Waals surface area (Å²) in [5.74, 6) is -3.83. The summed E-state index contributed by atoms with van der Waals surface area (Å²) >= 11 is 0. The van der Waals surface area contributed by atoms with Crippen molar-refractivity contribution in [3.05, 3.63) is 4.91 Å². The summed E-state index contributed by atoms with van der Waals surface area (Å²) in [6.45, 7) is 0. The van der Waals surface area contributed by atoms with Crippen LogP contribution in [0.25, 0.3) is 0 Å².